The van der Waals surface area contributed by atoms with Crippen LogP contribution in [0, 0.1) is 0 Å². The molecule has 0 radical (unpaired) electrons. The first-order valence-corrected chi connectivity index (χ1v) is 5.54. The van der Waals surface area contributed by atoms with E-state index in [4.69, 9.17) is 5.11 Å². The van der Waals surface area contributed by atoms with Crippen LogP contribution in [0.5, 0.6) is 0 Å². The van der Waals surface area contributed by atoms with Gasteiger partial charge in [0.25, 0.3) is 0 Å². The maximum absolute atomic E-state index is 10.8. The molecule has 0 saturated carbocycles. The molecule has 1 fully saturated rings. The highest BCUT2D eigenvalue weighted by atomic mass is 16.4. The van der Waals surface area contributed by atoms with E-state index in [9.17, 15) is 4.79 Å². The maximum atomic E-state index is 10.8. The Bertz CT molecular complexity index is 392. The van der Waals surface area contributed by atoms with Gasteiger partial charge >= 0.3 is 5.97 Å². The van der Waals surface area contributed by atoms with Crippen LogP contribution in [0.2, 0.25) is 0 Å². The van der Waals surface area contributed by atoms with E-state index in [1.54, 1.807) is 12.3 Å². The fraction of sp³-hybridized carbons (Fsp3) is 0.500. The van der Waals surface area contributed by atoms with Crippen LogP contribution in [0.3, 0.4) is 0 Å². The van der Waals surface area contributed by atoms with E-state index < -0.39 is 5.97 Å². The van der Waals surface area contributed by atoms with Gasteiger partial charge < -0.3 is 10.0 Å². The summed E-state index contributed by atoms with van der Waals surface area (Å²) in [5.41, 5.74) is 1.24. The normalized spacial score (nSPS) is 21.9. The monoisotopic (exact) mass is 220 g/mol. The van der Waals surface area contributed by atoms with Gasteiger partial charge in [0.2, 0.25) is 0 Å². The van der Waals surface area contributed by atoms with Crippen molar-refractivity contribution in [1.82, 2.24) is 9.88 Å². The molecule has 4 heteroatoms. The summed E-state index contributed by atoms with van der Waals surface area (Å²) < 4.78 is 0. The third kappa shape index (κ3) is 2.39. The molecule has 86 valence electrons. The number of carboxylic acids is 1. The molecule has 0 spiro atoms. The fourth-order valence-electron chi connectivity index (χ4n) is 2.26. The summed E-state index contributed by atoms with van der Waals surface area (Å²) in [4.78, 5) is 17.0. The smallest absolute Gasteiger partial charge is 0.354 e. The minimum atomic E-state index is -0.953. The number of likely N-dealkylation sites (tertiary alicyclic amines) is 1. The first-order chi connectivity index (χ1) is 7.66. The van der Waals surface area contributed by atoms with Crippen molar-refractivity contribution in [2.75, 3.05) is 20.1 Å². The van der Waals surface area contributed by atoms with Crippen molar-refractivity contribution >= 4 is 5.97 Å². The number of carboxylic acid groups (broad SMARTS) is 1. The van der Waals surface area contributed by atoms with Gasteiger partial charge in [-0.05, 0) is 50.0 Å². The van der Waals surface area contributed by atoms with Gasteiger partial charge in [0, 0.05) is 12.7 Å². The predicted molar refractivity (Wildman–Crippen MR) is 60.7 cm³/mol. The summed E-state index contributed by atoms with van der Waals surface area (Å²) in [6.45, 7) is 2.14. The molecule has 1 aliphatic heterocycles. The van der Waals surface area contributed by atoms with Crippen molar-refractivity contribution in [3.63, 3.8) is 0 Å². The van der Waals surface area contributed by atoms with Crippen molar-refractivity contribution in [2.24, 2.45) is 0 Å². The Kier molecular flexibility index (Phi) is 3.19. The van der Waals surface area contributed by atoms with E-state index in [0.717, 1.165) is 25.1 Å². The number of aromatic carboxylic acids is 1. The number of pyridine rings is 1. The van der Waals surface area contributed by atoms with E-state index in [1.807, 2.05) is 6.07 Å². The number of piperidine rings is 1. The molecule has 2 rings (SSSR count). The first kappa shape index (κ1) is 11.1. The van der Waals surface area contributed by atoms with Crippen LogP contribution in [0.15, 0.2) is 18.3 Å². The topological polar surface area (TPSA) is 53.4 Å². The lowest BCUT2D eigenvalue weighted by Gasteiger charge is -2.29. The highest BCUT2D eigenvalue weighted by Gasteiger charge is 2.19. The lowest BCUT2D eigenvalue weighted by molar-refractivity contribution is 0.0690. The van der Waals surface area contributed by atoms with Crippen molar-refractivity contribution in [3.8, 4) is 0 Å². The summed E-state index contributed by atoms with van der Waals surface area (Å²) in [6, 6.07) is 3.63. The van der Waals surface area contributed by atoms with Gasteiger partial charge in [0.15, 0.2) is 0 Å². The molecular weight excluding hydrogens is 204 g/mol. The Labute approximate surface area is 94.9 Å². The number of nitrogens with zero attached hydrogens (tertiary/aromatic N) is 2. The van der Waals surface area contributed by atoms with Gasteiger partial charge in [-0.25, -0.2) is 9.78 Å². The molecular formula is C12H16N2O2. The van der Waals surface area contributed by atoms with Crippen molar-refractivity contribution in [2.45, 2.75) is 18.8 Å². The Morgan fingerprint density at radius 1 is 1.62 bits per heavy atom. The van der Waals surface area contributed by atoms with Gasteiger partial charge in [-0.15, -0.1) is 0 Å². The SMILES string of the molecule is CN1CCCC(c2ccnc(C(=O)O)c2)C1. The molecule has 0 amide bonds. The zero-order valence-electron chi connectivity index (χ0n) is 9.39. The van der Waals surface area contributed by atoms with Gasteiger partial charge in [-0.2, -0.15) is 0 Å². The molecule has 0 aliphatic carbocycles. The van der Waals surface area contributed by atoms with Gasteiger partial charge in [0.05, 0.1) is 0 Å². The van der Waals surface area contributed by atoms with E-state index in [0.29, 0.717) is 5.92 Å². The average Bonchev–Trinajstić information content (AvgIpc) is 2.29. The first-order valence-electron chi connectivity index (χ1n) is 5.54. The molecule has 2 heterocycles. The summed E-state index contributed by atoms with van der Waals surface area (Å²) in [5, 5.41) is 8.89. The summed E-state index contributed by atoms with van der Waals surface area (Å²) in [7, 11) is 2.10. The number of hydrogen-bond donors (Lipinski definition) is 1. The van der Waals surface area contributed by atoms with Crippen LogP contribution >= 0.6 is 0 Å². The molecule has 16 heavy (non-hydrogen) atoms. The maximum Gasteiger partial charge on any atom is 0.354 e. The molecule has 1 atom stereocenters. The minimum Gasteiger partial charge on any atom is -0.477 e. The van der Waals surface area contributed by atoms with Crippen molar-refractivity contribution in [3.05, 3.63) is 29.6 Å². The zero-order valence-corrected chi connectivity index (χ0v) is 9.39. The number of carbonyl (C=O) groups is 1. The van der Waals surface area contributed by atoms with E-state index in [2.05, 4.69) is 16.9 Å². The van der Waals surface area contributed by atoms with Crippen LogP contribution in [-0.2, 0) is 0 Å². The van der Waals surface area contributed by atoms with E-state index >= 15 is 0 Å². The Hall–Kier alpha value is -1.42. The van der Waals surface area contributed by atoms with E-state index in [1.165, 1.54) is 6.42 Å². The van der Waals surface area contributed by atoms with Gasteiger partial charge in [-0.3, -0.25) is 0 Å². The van der Waals surface area contributed by atoms with Crippen LogP contribution in [-0.4, -0.2) is 41.1 Å². The summed E-state index contributed by atoms with van der Waals surface area (Å²) in [5.74, 6) is -0.508. The highest BCUT2D eigenvalue weighted by molar-refractivity contribution is 5.85. The van der Waals surface area contributed by atoms with Crippen molar-refractivity contribution < 1.29 is 9.90 Å². The number of likely N-dealkylation sites (N-methyl/N-ethyl adjacent to an activating group) is 1. The molecule has 0 bridgehead atoms. The molecule has 1 saturated heterocycles. The average molecular weight is 220 g/mol. The van der Waals surface area contributed by atoms with Gasteiger partial charge in [-0.1, -0.05) is 0 Å². The second-order valence-electron chi connectivity index (χ2n) is 4.38. The van der Waals surface area contributed by atoms with Crippen LogP contribution in [0.25, 0.3) is 0 Å². The highest BCUT2D eigenvalue weighted by Crippen LogP contribution is 2.26. The largest absolute Gasteiger partial charge is 0.477 e. The molecule has 1 aromatic rings. The lowest BCUT2D eigenvalue weighted by atomic mass is 9.91. The molecule has 1 unspecified atom stereocenters. The van der Waals surface area contributed by atoms with Crippen molar-refractivity contribution in [1.29, 1.82) is 0 Å². The quantitative estimate of drug-likeness (QED) is 0.822. The van der Waals surface area contributed by atoms with Crippen LogP contribution < -0.4 is 0 Å². The predicted octanol–water partition coefficient (Wildman–Crippen LogP) is 1.59. The molecule has 0 aromatic carbocycles. The number of hydrogen-bond acceptors (Lipinski definition) is 3. The minimum absolute atomic E-state index is 0.144. The standard InChI is InChI=1S/C12H16N2O2/c1-14-6-2-3-10(8-14)9-4-5-13-11(7-9)12(15)16/h4-5,7,10H,2-3,6,8H2,1H3,(H,15,16). The summed E-state index contributed by atoms with van der Waals surface area (Å²) >= 11 is 0. The Morgan fingerprint density at radius 3 is 3.12 bits per heavy atom. The second-order valence-corrected chi connectivity index (χ2v) is 4.38. The molecule has 1 N–H and O–H groups in total. The van der Waals surface area contributed by atoms with E-state index in [-0.39, 0.29) is 5.69 Å². The third-order valence-corrected chi connectivity index (χ3v) is 3.10. The Morgan fingerprint density at radius 2 is 2.44 bits per heavy atom. The van der Waals surface area contributed by atoms with Crippen LogP contribution in [0.1, 0.15) is 34.8 Å². The fourth-order valence-corrected chi connectivity index (χ4v) is 2.26. The second kappa shape index (κ2) is 4.61. The Balaban J connectivity index is 2.19. The lowest BCUT2D eigenvalue weighted by Crippen LogP contribution is -2.30. The molecule has 1 aliphatic rings. The molecule has 4 nitrogen and oxygen atoms in total. The summed E-state index contributed by atoms with van der Waals surface area (Å²) in [6.07, 6.45) is 3.90. The van der Waals surface area contributed by atoms with Gasteiger partial charge in [0.1, 0.15) is 5.69 Å². The molecule has 1 aromatic heterocycles. The van der Waals surface area contributed by atoms with Crippen LogP contribution in [0.4, 0.5) is 0 Å². The number of rotatable bonds is 2. The number of aromatic nitrogens is 1. The third-order valence-electron chi connectivity index (χ3n) is 3.10. The zero-order chi connectivity index (χ0) is 11.5.